The molecule has 0 aliphatic heterocycles. The summed E-state index contributed by atoms with van der Waals surface area (Å²) in [5.41, 5.74) is 0.805. The lowest BCUT2D eigenvalue weighted by Gasteiger charge is -2.15. The predicted molar refractivity (Wildman–Crippen MR) is 74.2 cm³/mol. The molecular weight excluding hydrogens is 246 g/mol. The van der Waals surface area contributed by atoms with Gasteiger partial charge in [0.1, 0.15) is 11.5 Å². The molecule has 0 bridgehead atoms. The van der Waals surface area contributed by atoms with E-state index in [4.69, 9.17) is 0 Å². The summed E-state index contributed by atoms with van der Waals surface area (Å²) in [6.07, 6.45) is 0.987. The summed E-state index contributed by atoms with van der Waals surface area (Å²) in [5, 5.41) is 24.4. The fourth-order valence-corrected chi connectivity index (χ4v) is 2.58. The maximum Gasteiger partial charge on any atom is 0.124 e. The van der Waals surface area contributed by atoms with Crippen molar-refractivity contribution in [1.82, 2.24) is 5.32 Å². The van der Waals surface area contributed by atoms with E-state index in [9.17, 15) is 10.2 Å². The summed E-state index contributed by atoms with van der Waals surface area (Å²) >= 11 is 1.75. The summed E-state index contributed by atoms with van der Waals surface area (Å²) in [7, 11) is 0. The highest BCUT2D eigenvalue weighted by molar-refractivity contribution is 7.09. The van der Waals surface area contributed by atoms with Crippen LogP contribution in [0.4, 0.5) is 0 Å². The lowest BCUT2D eigenvalue weighted by Crippen LogP contribution is -2.21. The van der Waals surface area contributed by atoms with E-state index in [1.165, 1.54) is 10.9 Å². The Balaban J connectivity index is 1.89. The van der Waals surface area contributed by atoms with Crippen LogP contribution in [0.15, 0.2) is 35.7 Å². The molecule has 2 aromatic rings. The normalized spacial score (nSPS) is 12.5. The number of aromatic hydroxyl groups is 2. The first-order valence-corrected chi connectivity index (χ1v) is 6.82. The molecule has 0 saturated carbocycles. The van der Waals surface area contributed by atoms with Crippen molar-refractivity contribution in [2.45, 2.75) is 19.4 Å². The third kappa shape index (κ3) is 3.24. The van der Waals surface area contributed by atoms with Gasteiger partial charge in [-0.15, -0.1) is 11.3 Å². The van der Waals surface area contributed by atoms with Crippen molar-refractivity contribution in [3.05, 3.63) is 46.2 Å². The number of thiophene rings is 1. The largest absolute Gasteiger partial charge is 0.508 e. The first-order valence-electron chi connectivity index (χ1n) is 5.94. The molecule has 3 N–H and O–H groups in total. The molecule has 4 heteroatoms. The van der Waals surface area contributed by atoms with Crippen molar-refractivity contribution in [3.8, 4) is 11.5 Å². The molecule has 1 aromatic carbocycles. The van der Waals surface area contributed by atoms with Gasteiger partial charge in [0.25, 0.3) is 0 Å². The molecule has 2 rings (SSSR count). The highest BCUT2D eigenvalue weighted by Gasteiger charge is 2.10. The van der Waals surface area contributed by atoms with Gasteiger partial charge in [0.05, 0.1) is 0 Å². The van der Waals surface area contributed by atoms with Gasteiger partial charge in [-0.1, -0.05) is 12.1 Å². The maximum absolute atomic E-state index is 9.75. The van der Waals surface area contributed by atoms with Gasteiger partial charge in [-0.05, 0) is 30.9 Å². The maximum atomic E-state index is 9.75. The van der Waals surface area contributed by atoms with E-state index in [2.05, 4.69) is 22.8 Å². The van der Waals surface area contributed by atoms with Crippen LogP contribution in [0.2, 0.25) is 0 Å². The zero-order valence-electron chi connectivity index (χ0n) is 10.3. The Morgan fingerprint density at radius 3 is 2.78 bits per heavy atom. The fraction of sp³-hybridized carbons (Fsp3) is 0.286. The lowest BCUT2D eigenvalue weighted by molar-refractivity contribution is 0.436. The zero-order valence-corrected chi connectivity index (χ0v) is 11.1. The van der Waals surface area contributed by atoms with Gasteiger partial charge in [0.15, 0.2) is 0 Å². The molecule has 0 radical (unpaired) electrons. The van der Waals surface area contributed by atoms with Gasteiger partial charge < -0.3 is 15.5 Å². The second-order valence-corrected chi connectivity index (χ2v) is 5.28. The van der Waals surface area contributed by atoms with E-state index >= 15 is 0 Å². The van der Waals surface area contributed by atoms with Crippen molar-refractivity contribution in [2.24, 2.45) is 0 Å². The number of nitrogens with one attached hydrogen (secondary N) is 1. The van der Waals surface area contributed by atoms with Gasteiger partial charge in [0, 0.05) is 29.1 Å². The van der Waals surface area contributed by atoms with Gasteiger partial charge >= 0.3 is 0 Å². The molecule has 18 heavy (non-hydrogen) atoms. The number of benzene rings is 1. The summed E-state index contributed by atoms with van der Waals surface area (Å²) < 4.78 is 0. The van der Waals surface area contributed by atoms with Gasteiger partial charge in [-0.25, -0.2) is 0 Å². The van der Waals surface area contributed by atoms with Crippen LogP contribution in [-0.4, -0.2) is 16.8 Å². The zero-order chi connectivity index (χ0) is 13.0. The predicted octanol–water partition coefficient (Wildman–Crippen LogP) is 3.05. The smallest absolute Gasteiger partial charge is 0.124 e. The molecule has 0 aliphatic carbocycles. The first kappa shape index (κ1) is 12.9. The molecular formula is C14H17NO2S. The van der Waals surface area contributed by atoms with E-state index in [0.717, 1.165) is 18.5 Å². The van der Waals surface area contributed by atoms with E-state index in [1.807, 2.05) is 6.92 Å². The van der Waals surface area contributed by atoms with Crippen molar-refractivity contribution in [1.29, 1.82) is 0 Å². The Morgan fingerprint density at radius 1 is 1.28 bits per heavy atom. The van der Waals surface area contributed by atoms with E-state index in [0.29, 0.717) is 0 Å². The number of rotatable bonds is 5. The molecule has 0 spiro atoms. The Morgan fingerprint density at radius 2 is 2.11 bits per heavy atom. The number of phenolic OH excluding ortho intramolecular Hbond substituents is 2. The van der Waals surface area contributed by atoms with Crippen LogP contribution in [0.5, 0.6) is 11.5 Å². The molecule has 1 aromatic heterocycles. The van der Waals surface area contributed by atoms with E-state index in [1.54, 1.807) is 23.5 Å². The summed E-state index contributed by atoms with van der Waals surface area (Å²) in [6.45, 7) is 2.86. The van der Waals surface area contributed by atoms with Gasteiger partial charge in [-0.3, -0.25) is 0 Å². The second-order valence-electron chi connectivity index (χ2n) is 4.25. The monoisotopic (exact) mass is 263 g/mol. The first-order chi connectivity index (χ1) is 8.66. The number of hydrogen-bond acceptors (Lipinski definition) is 4. The molecule has 0 fully saturated rings. The minimum Gasteiger partial charge on any atom is -0.508 e. The average Bonchev–Trinajstić information content (AvgIpc) is 2.81. The molecule has 0 saturated heterocycles. The Hall–Kier alpha value is -1.52. The molecule has 1 atom stereocenters. The quantitative estimate of drug-likeness (QED) is 0.777. The third-order valence-corrected chi connectivity index (χ3v) is 3.82. The molecule has 3 nitrogen and oxygen atoms in total. The molecule has 0 amide bonds. The second kappa shape index (κ2) is 5.89. The van der Waals surface area contributed by atoms with Crippen LogP contribution in [0.1, 0.15) is 23.4 Å². The number of phenols is 2. The van der Waals surface area contributed by atoms with Crippen LogP contribution in [0.25, 0.3) is 0 Å². The van der Waals surface area contributed by atoms with Crippen LogP contribution in [-0.2, 0) is 6.42 Å². The van der Waals surface area contributed by atoms with E-state index < -0.39 is 0 Å². The van der Waals surface area contributed by atoms with Crippen LogP contribution < -0.4 is 5.32 Å². The third-order valence-electron chi connectivity index (χ3n) is 2.88. The summed E-state index contributed by atoms with van der Waals surface area (Å²) in [4.78, 5) is 1.35. The van der Waals surface area contributed by atoms with Crippen LogP contribution in [0, 0.1) is 0 Å². The van der Waals surface area contributed by atoms with Crippen molar-refractivity contribution in [2.75, 3.05) is 6.54 Å². The summed E-state index contributed by atoms with van der Waals surface area (Å²) in [5.74, 6) is 0.216. The fourth-order valence-electron chi connectivity index (χ4n) is 1.87. The van der Waals surface area contributed by atoms with Crippen LogP contribution >= 0.6 is 11.3 Å². The number of hydrogen-bond donors (Lipinski definition) is 3. The van der Waals surface area contributed by atoms with Gasteiger partial charge in [-0.2, -0.15) is 0 Å². The van der Waals surface area contributed by atoms with Gasteiger partial charge in [0.2, 0.25) is 0 Å². The highest BCUT2D eigenvalue weighted by Crippen LogP contribution is 2.27. The van der Waals surface area contributed by atoms with Crippen molar-refractivity contribution in [3.63, 3.8) is 0 Å². The minimum absolute atomic E-state index is 0.0607. The minimum atomic E-state index is 0.0607. The van der Waals surface area contributed by atoms with Crippen LogP contribution in [0.3, 0.4) is 0 Å². The Bertz CT molecular complexity index is 497. The average molecular weight is 263 g/mol. The van der Waals surface area contributed by atoms with Crippen molar-refractivity contribution < 1.29 is 10.2 Å². The molecule has 96 valence electrons. The molecule has 1 unspecified atom stereocenters. The molecule has 1 heterocycles. The Kier molecular flexibility index (Phi) is 4.23. The SMILES string of the molecule is CC(NCCc1cccs1)c1ccc(O)cc1O. The van der Waals surface area contributed by atoms with Crippen molar-refractivity contribution >= 4 is 11.3 Å². The lowest BCUT2D eigenvalue weighted by atomic mass is 10.1. The highest BCUT2D eigenvalue weighted by atomic mass is 32.1. The molecule has 0 aliphatic rings. The van der Waals surface area contributed by atoms with E-state index in [-0.39, 0.29) is 17.5 Å². The Labute approximate surface area is 111 Å². The summed E-state index contributed by atoms with van der Waals surface area (Å²) in [6, 6.07) is 8.93. The topological polar surface area (TPSA) is 52.5 Å². The standard InChI is InChI=1S/C14H17NO2S/c1-10(13-5-4-11(16)9-14(13)17)15-7-6-12-3-2-8-18-12/h2-5,8-10,15-17H,6-7H2,1H3.